The van der Waals surface area contributed by atoms with Gasteiger partial charge in [-0.3, -0.25) is 0 Å². The number of fused-ring (bicyclic) bond motifs is 1. The van der Waals surface area contributed by atoms with Gasteiger partial charge < -0.3 is 18.3 Å². The lowest BCUT2D eigenvalue weighted by Crippen LogP contribution is -2.48. The minimum absolute atomic E-state index is 0.0462. The molecule has 44 heavy (non-hydrogen) atoms. The molecule has 0 aromatic carbocycles. The van der Waals surface area contributed by atoms with Crippen molar-refractivity contribution in [3.05, 3.63) is 23.3 Å². The Hall–Kier alpha value is -0.246. The molecule has 1 unspecified atom stereocenters. The zero-order valence-corrected chi connectivity index (χ0v) is 32.9. The SMILES string of the molecule is CC(CCCC1OCCO1)[C@H]1CC[C@H]2/C(=C/C=C3C[C@@H](O[Si](C)(C)C(C)(C)C)C[C@H](O[Si](C)(C)C(C)(C)C)C3)CCC[C@]12C. The van der Waals surface area contributed by atoms with Gasteiger partial charge in [0.1, 0.15) is 0 Å². The summed E-state index contributed by atoms with van der Waals surface area (Å²) in [5, 5.41) is 0.430. The maximum absolute atomic E-state index is 7.08. The van der Waals surface area contributed by atoms with Crippen LogP contribution in [-0.4, -0.2) is 48.3 Å². The van der Waals surface area contributed by atoms with E-state index in [4.69, 9.17) is 18.3 Å². The summed E-state index contributed by atoms with van der Waals surface area (Å²) in [5.74, 6) is 2.34. The molecule has 6 heteroatoms. The van der Waals surface area contributed by atoms with Crippen molar-refractivity contribution in [2.75, 3.05) is 13.2 Å². The predicted octanol–water partition coefficient (Wildman–Crippen LogP) is 11.2. The van der Waals surface area contributed by atoms with Crippen LogP contribution in [0.3, 0.4) is 0 Å². The van der Waals surface area contributed by atoms with Crippen LogP contribution in [0.4, 0.5) is 0 Å². The zero-order valence-electron chi connectivity index (χ0n) is 30.9. The van der Waals surface area contributed by atoms with Gasteiger partial charge in [0.25, 0.3) is 0 Å². The first-order valence-electron chi connectivity index (χ1n) is 18.3. The van der Waals surface area contributed by atoms with Gasteiger partial charge in [-0.25, -0.2) is 0 Å². The Morgan fingerprint density at radius 3 is 2.00 bits per heavy atom. The van der Waals surface area contributed by atoms with Gasteiger partial charge in [0.15, 0.2) is 22.9 Å². The second kappa shape index (κ2) is 14.1. The standard InChI is InChI=1S/C38H70O4Si2/c1-28(15-13-17-35-39-23-24-40-35)33-20-21-34-30(16-14-22-38(33,34)8)19-18-29-25-31(41-43(9,10)36(2,3)4)27-32(26-29)42-44(11,12)37(5,6)7/h18-19,28,31-35H,13-17,20-27H2,1-12H3/b30-19+/t28?,31-,32-,33-,34+,38-/m1/s1. The molecule has 4 aliphatic rings. The maximum Gasteiger partial charge on any atom is 0.192 e. The first kappa shape index (κ1) is 36.6. The lowest BCUT2D eigenvalue weighted by molar-refractivity contribution is -0.0491. The van der Waals surface area contributed by atoms with Crippen molar-refractivity contribution in [1.29, 1.82) is 0 Å². The summed E-state index contributed by atoms with van der Waals surface area (Å²) >= 11 is 0. The summed E-state index contributed by atoms with van der Waals surface area (Å²) < 4.78 is 25.6. The fourth-order valence-corrected chi connectivity index (χ4v) is 11.2. The summed E-state index contributed by atoms with van der Waals surface area (Å²) in [5.41, 5.74) is 3.71. The summed E-state index contributed by atoms with van der Waals surface area (Å²) in [6, 6.07) is 0. The van der Waals surface area contributed by atoms with E-state index in [2.05, 4.69) is 93.7 Å². The van der Waals surface area contributed by atoms with E-state index in [1.54, 1.807) is 11.1 Å². The second-order valence-corrected chi connectivity index (χ2v) is 27.9. The van der Waals surface area contributed by atoms with E-state index in [-0.39, 0.29) is 28.6 Å². The van der Waals surface area contributed by atoms with Crippen LogP contribution in [0.25, 0.3) is 0 Å². The average molecular weight is 647 g/mol. The van der Waals surface area contributed by atoms with Crippen LogP contribution in [0.5, 0.6) is 0 Å². The first-order valence-corrected chi connectivity index (χ1v) is 24.1. The van der Waals surface area contributed by atoms with Gasteiger partial charge in [-0.15, -0.1) is 0 Å². The van der Waals surface area contributed by atoms with Crippen LogP contribution in [0, 0.1) is 23.2 Å². The normalized spacial score (nSPS) is 32.7. The highest BCUT2D eigenvalue weighted by molar-refractivity contribution is 6.74. The van der Waals surface area contributed by atoms with Gasteiger partial charge >= 0.3 is 0 Å². The molecule has 4 nitrogen and oxygen atoms in total. The maximum atomic E-state index is 7.08. The van der Waals surface area contributed by atoms with Crippen LogP contribution < -0.4 is 0 Å². The molecule has 6 atom stereocenters. The third-order valence-electron chi connectivity index (χ3n) is 13.1. The average Bonchev–Trinajstić information content (AvgIpc) is 3.53. The topological polar surface area (TPSA) is 36.9 Å². The smallest absolute Gasteiger partial charge is 0.192 e. The summed E-state index contributed by atoms with van der Waals surface area (Å²) in [6.07, 6.45) is 19.1. The van der Waals surface area contributed by atoms with E-state index in [1.165, 1.54) is 44.9 Å². The zero-order chi connectivity index (χ0) is 32.6. The number of rotatable bonds is 10. The van der Waals surface area contributed by atoms with Gasteiger partial charge in [-0.2, -0.15) is 0 Å². The van der Waals surface area contributed by atoms with Crippen molar-refractivity contribution < 1.29 is 18.3 Å². The van der Waals surface area contributed by atoms with E-state index in [1.807, 2.05) is 0 Å². The Kier molecular flexibility index (Phi) is 11.7. The molecule has 0 N–H and O–H groups in total. The molecule has 0 spiro atoms. The molecule has 4 fully saturated rings. The van der Waals surface area contributed by atoms with Crippen molar-refractivity contribution >= 4 is 16.6 Å². The Bertz CT molecular complexity index is 975. The van der Waals surface area contributed by atoms with Crippen molar-refractivity contribution in [3.63, 3.8) is 0 Å². The summed E-state index contributed by atoms with van der Waals surface area (Å²) in [7, 11) is -3.73. The number of allylic oxidation sites excluding steroid dienone is 3. The molecule has 3 saturated carbocycles. The molecule has 3 aliphatic carbocycles. The van der Waals surface area contributed by atoms with Crippen LogP contribution in [0.1, 0.15) is 126 Å². The molecule has 254 valence electrons. The minimum atomic E-state index is -1.87. The molecule has 1 saturated heterocycles. The van der Waals surface area contributed by atoms with Crippen LogP contribution in [0.2, 0.25) is 36.3 Å². The van der Waals surface area contributed by atoms with Crippen LogP contribution in [-0.2, 0) is 18.3 Å². The van der Waals surface area contributed by atoms with Gasteiger partial charge in [0.05, 0.1) is 25.4 Å². The van der Waals surface area contributed by atoms with Crippen molar-refractivity contribution in [2.24, 2.45) is 23.2 Å². The highest BCUT2D eigenvalue weighted by Crippen LogP contribution is 2.60. The third-order valence-corrected chi connectivity index (χ3v) is 22.2. The molecule has 0 radical (unpaired) electrons. The Morgan fingerprint density at radius 1 is 0.886 bits per heavy atom. The molecule has 0 bridgehead atoms. The molecular weight excluding hydrogens is 577 g/mol. The van der Waals surface area contributed by atoms with Gasteiger partial charge in [0.2, 0.25) is 0 Å². The highest BCUT2D eigenvalue weighted by atomic mass is 28.4. The van der Waals surface area contributed by atoms with Crippen molar-refractivity contribution in [1.82, 2.24) is 0 Å². The van der Waals surface area contributed by atoms with Crippen molar-refractivity contribution in [3.8, 4) is 0 Å². The molecule has 0 amide bonds. The Morgan fingerprint density at radius 2 is 1.45 bits per heavy atom. The predicted molar refractivity (Wildman–Crippen MR) is 191 cm³/mol. The fraction of sp³-hybridized carbons (Fsp3) is 0.895. The Balaban J connectivity index is 1.48. The second-order valence-electron chi connectivity index (χ2n) is 18.4. The number of hydrogen-bond donors (Lipinski definition) is 0. The van der Waals surface area contributed by atoms with E-state index in [9.17, 15) is 0 Å². The monoisotopic (exact) mass is 646 g/mol. The van der Waals surface area contributed by atoms with Crippen LogP contribution in [0.15, 0.2) is 23.3 Å². The fourth-order valence-electron chi connectivity index (χ4n) is 8.45. The van der Waals surface area contributed by atoms with Crippen molar-refractivity contribution in [2.45, 2.75) is 181 Å². The molecule has 0 aromatic heterocycles. The van der Waals surface area contributed by atoms with E-state index in [0.29, 0.717) is 5.41 Å². The Labute approximate surface area is 274 Å². The number of hydrogen-bond acceptors (Lipinski definition) is 4. The lowest BCUT2D eigenvalue weighted by atomic mass is 9.60. The third kappa shape index (κ3) is 8.61. The van der Waals surface area contributed by atoms with Gasteiger partial charge in [-0.1, -0.05) is 85.1 Å². The lowest BCUT2D eigenvalue weighted by Gasteiger charge is -2.45. The molecule has 4 rings (SSSR count). The quantitative estimate of drug-likeness (QED) is 0.221. The van der Waals surface area contributed by atoms with E-state index in [0.717, 1.165) is 56.7 Å². The largest absolute Gasteiger partial charge is 0.414 e. The molecule has 1 aliphatic heterocycles. The minimum Gasteiger partial charge on any atom is -0.414 e. The van der Waals surface area contributed by atoms with Crippen LogP contribution >= 0.6 is 0 Å². The van der Waals surface area contributed by atoms with E-state index < -0.39 is 16.6 Å². The molecular formula is C38H70O4Si2. The summed E-state index contributed by atoms with van der Waals surface area (Å²) in [6.45, 7) is 30.5. The number of ether oxygens (including phenoxy) is 2. The van der Waals surface area contributed by atoms with Gasteiger partial charge in [0, 0.05) is 0 Å². The molecule has 0 aromatic rings. The van der Waals surface area contributed by atoms with Gasteiger partial charge in [-0.05, 0) is 124 Å². The summed E-state index contributed by atoms with van der Waals surface area (Å²) in [4.78, 5) is 0. The first-order chi connectivity index (χ1) is 20.3. The molecule has 1 heterocycles. The van der Waals surface area contributed by atoms with E-state index >= 15 is 0 Å². The highest BCUT2D eigenvalue weighted by Gasteiger charge is 2.50.